The Hall–Kier alpha value is -5.54. The molecule has 3 heteroatoms. The maximum Gasteiger partial charge on any atom is 0.143 e. The minimum absolute atomic E-state index is 0.878. The van der Waals surface area contributed by atoms with Gasteiger partial charge in [-0.3, -0.25) is 0 Å². The highest BCUT2D eigenvalue weighted by molar-refractivity contribution is 6.32. The van der Waals surface area contributed by atoms with E-state index in [1.165, 1.54) is 26.9 Å². The lowest BCUT2D eigenvalue weighted by atomic mass is 9.91. The summed E-state index contributed by atoms with van der Waals surface area (Å²) < 4.78 is 6.54. The van der Waals surface area contributed by atoms with Crippen molar-refractivity contribution in [1.29, 1.82) is 0 Å². The summed E-state index contributed by atoms with van der Waals surface area (Å²) in [6, 6.07) is 46.5. The molecule has 190 valence electrons. The van der Waals surface area contributed by atoms with Gasteiger partial charge in [-0.2, -0.15) is 0 Å². The highest BCUT2D eigenvalue weighted by atomic mass is 16.3. The largest absolute Gasteiger partial charge is 0.455 e. The van der Waals surface area contributed by atoms with Crippen LogP contribution in [-0.4, -0.2) is 9.97 Å². The molecule has 0 amide bonds. The summed E-state index contributed by atoms with van der Waals surface area (Å²) in [4.78, 5) is 10.3. The Labute approximate surface area is 235 Å². The van der Waals surface area contributed by atoms with Crippen LogP contribution in [0.5, 0.6) is 0 Å². The summed E-state index contributed by atoms with van der Waals surface area (Å²) in [5.41, 5.74) is 7.46. The van der Waals surface area contributed by atoms with Gasteiger partial charge in [-0.1, -0.05) is 103 Å². The van der Waals surface area contributed by atoms with E-state index < -0.39 is 0 Å². The Kier molecular flexibility index (Phi) is 4.61. The number of benzene rings is 7. The number of hydrogen-bond donors (Lipinski definition) is 0. The van der Waals surface area contributed by atoms with Crippen molar-refractivity contribution in [1.82, 2.24) is 9.97 Å². The number of rotatable bonds is 2. The van der Waals surface area contributed by atoms with Crippen molar-refractivity contribution in [3.05, 3.63) is 133 Å². The first kappa shape index (κ1) is 22.3. The zero-order valence-corrected chi connectivity index (χ0v) is 22.0. The van der Waals surface area contributed by atoms with Gasteiger partial charge in [0.1, 0.15) is 11.2 Å². The Bertz CT molecular complexity index is 2470. The molecule has 0 saturated heterocycles. The van der Waals surface area contributed by atoms with Crippen molar-refractivity contribution >= 4 is 65.3 Å². The predicted molar refractivity (Wildman–Crippen MR) is 170 cm³/mol. The molecule has 0 fully saturated rings. The lowest BCUT2D eigenvalue weighted by molar-refractivity contribution is 0.673. The quantitative estimate of drug-likeness (QED) is 0.212. The molecule has 3 nitrogen and oxygen atoms in total. The van der Waals surface area contributed by atoms with Crippen molar-refractivity contribution < 1.29 is 4.42 Å². The maximum atomic E-state index is 6.54. The average Bonchev–Trinajstić information content (AvgIpc) is 3.43. The van der Waals surface area contributed by atoms with Crippen LogP contribution in [0.3, 0.4) is 0 Å². The van der Waals surface area contributed by atoms with Crippen molar-refractivity contribution in [3.8, 4) is 22.5 Å². The van der Waals surface area contributed by atoms with Crippen LogP contribution in [0.15, 0.2) is 138 Å². The van der Waals surface area contributed by atoms with E-state index in [0.29, 0.717) is 0 Å². The number of furan rings is 1. The highest BCUT2D eigenvalue weighted by Crippen LogP contribution is 2.43. The van der Waals surface area contributed by atoms with Crippen molar-refractivity contribution in [2.24, 2.45) is 0 Å². The molecule has 7 aromatic carbocycles. The summed E-state index contributed by atoms with van der Waals surface area (Å²) >= 11 is 0. The number of fused-ring (bicyclic) bond motifs is 11. The van der Waals surface area contributed by atoms with Gasteiger partial charge < -0.3 is 4.42 Å². The van der Waals surface area contributed by atoms with E-state index in [0.717, 1.165) is 60.9 Å². The molecule has 41 heavy (non-hydrogen) atoms. The molecular formula is C38H22N2O. The average molecular weight is 523 g/mol. The molecule has 0 aliphatic rings. The zero-order chi connectivity index (χ0) is 26.9. The van der Waals surface area contributed by atoms with Crippen LogP contribution in [0.4, 0.5) is 0 Å². The van der Waals surface area contributed by atoms with Gasteiger partial charge in [-0.05, 0) is 57.3 Å². The van der Waals surface area contributed by atoms with E-state index in [4.69, 9.17) is 14.4 Å². The summed E-state index contributed by atoms with van der Waals surface area (Å²) in [7, 11) is 0. The maximum absolute atomic E-state index is 6.54. The Morgan fingerprint density at radius 2 is 0.951 bits per heavy atom. The first-order valence-electron chi connectivity index (χ1n) is 13.8. The third-order valence-corrected chi connectivity index (χ3v) is 8.23. The van der Waals surface area contributed by atoms with Crippen LogP contribution in [0.1, 0.15) is 0 Å². The summed E-state index contributed by atoms with van der Waals surface area (Å²) in [6.45, 7) is 0. The van der Waals surface area contributed by atoms with Gasteiger partial charge in [0.25, 0.3) is 0 Å². The van der Waals surface area contributed by atoms with Crippen LogP contribution < -0.4 is 0 Å². The standard InChI is InChI=1S/C38H22N2O/c1-2-10-23(11-3-1)36-37(40-33-16-8-7-15-32(33)39-36)24-18-19-29-31(22-24)26-13-5-4-12-25(26)28-20-21-30-27-14-6-9-17-34(27)41-38(30)35(28)29/h1-22H. The van der Waals surface area contributed by atoms with Crippen LogP contribution in [0.2, 0.25) is 0 Å². The molecule has 9 aromatic rings. The summed E-state index contributed by atoms with van der Waals surface area (Å²) in [5.74, 6) is 0. The molecule has 2 heterocycles. The fraction of sp³-hybridized carbons (Fsp3) is 0. The van der Waals surface area contributed by atoms with E-state index in [2.05, 4.69) is 91.0 Å². The third-order valence-electron chi connectivity index (χ3n) is 8.23. The van der Waals surface area contributed by atoms with Crippen LogP contribution >= 0.6 is 0 Å². The molecule has 0 atom stereocenters. The third kappa shape index (κ3) is 3.26. The molecule has 0 spiro atoms. The number of hydrogen-bond acceptors (Lipinski definition) is 3. The molecule has 0 saturated carbocycles. The second kappa shape index (κ2) is 8.48. The second-order valence-corrected chi connectivity index (χ2v) is 10.5. The van der Waals surface area contributed by atoms with E-state index in [1.54, 1.807) is 0 Å². The van der Waals surface area contributed by atoms with Gasteiger partial charge >= 0.3 is 0 Å². The van der Waals surface area contributed by atoms with Gasteiger partial charge in [0, 0.05) is 27.3 Å². The van der Waals surface area contributed by atoms with Crippen molar-refractivity contribution in [2.45, 2.75) is 0 Å². The number of nitrogens with zero attached hydrogens (tertiary/aromatic N) is 2. The number of para-hydroxylation sites is 3. The van der Waals surface area contributed by atoms with Gasteiger partial charge in [0.05, 0.1) is 22.4 Å². The Morgan fingerprint density at radius 1 is 0.390 bits per heavy atom. The molecule has 0 radical (unpaired) electrons. The topological polar surface area (TPSA) is 38.9 Å². The van der Waals surface area contributed by atoms with Crippen LogP contribution in [0.25, 0.3) is 87.8 Å². The molecular weight excluding hydrogens is 500 g/mol. The fourth-order valence-corrected chi connectivity index (χ4v) is 6.36. The molecule has 0 N–H and O–H groups in total. The van der Waals surface area contributed by atoms with Gasteiger partial charge in [-0.15, -0.1) is 0 Å². The molecule has 0 aliphatic heterocycles. The summed E-state index contributed by atoms with van der Waals surface area (Å²) in [6.07, 6.45) is 0. The van der Waals surface area contributed by atoms with Crippen molar-refractivity contribution in [3.63, 3.8) is 0 Å². The second-order valence-electron chi connectivity index (χ2n) is 10.5. The molecule has 0 aliphatic carbocycles. The minimum Gasteiger partial charge on any atom is -0.455 e. The van der Waals surface area contributed by atoms with E-state index >= 15 is 0 Å². The Morgan fingerprint density at radius 3 is 1.73 bits per heavy atom. The fourth-order valence-electron chi connectivity index (χ4n) is 6.36. The highest BCUT2D eigenvalue weighted by Gasteiger charge is 2.18. The van der Waals surface area contributed by atoms with Gasteiger partial charge in [0.2, 0.25) is 0 Å². The van der Waals surface area contributed by atoms with E-state index in [1.807, 2.05) is 42.5 Å². The monoisotopic (exact) mass is 522 g/mol. The number of aromatic nitrogens is 2. The lowest BCUT2D eigenvalue weighted by Crippen LogP contribution is -1.95. The Balaban J connectivity index is 1.41. The SMILES string of the molecule is c1ccc(-c2nc3ccccc3nc2-c2ccc3c(c2)c2ccccc2c2ccc4c5ccccc5oc4c23)cc1. The van der Waals surface area contributed by atoms with E-state index in [9.17, 15) is 0 Å². The predicted octanol–water partition coefficient (Wildman–Crippen LogP) is 10.3. The van der Waals surface area contributed by atoms with Crippen molar-refractivity contribution in [2.75, 3.05) is 0 Å². The first-order chi connectivity index (χ1) is 20.3. The summed E-state index contributed by atoms with van der Waals surface area (Å²) in [5, 5.41) is 9.39. The minimum atomic E-state index is 0.878. The normalized spacial score (nSPS) is 11.9. The molecule has 2 aromatic heterocycles. The first-order valence-corrected chi connectivity index (χ1v) is 13.8. The van der Waals surface area contributed by atoms with E-state index in [-0.39, 0.29) is 0 Å². The molecule has 0 unspecified atom stereocenters. The van der Waals surface area contributed by atoms with Gasteiger partial charge in [0.15, 0.2) is 0 Å². The van der Waals surface area contributed by atoms with Crippen LogP contribution in [0, 0.1) is 0 Å². The lowest BCUT2D eigenvalue weighted by Gasteiger charge is -2.14. The smallest absolute Gasteiger partial charge is 0.143 e. The molecule has 0 bridgehead atoms. The van der Waals surface area contributed by atoms with Gasteiger partial charge in [-0.25, -0.2) is 9.97 Å². The zero-order valence-electron chi connectivity index (χ0n) is 22.0. The van der Waals surface area contributed by atoms with Crippen LogP contribution in [-0.2, 0) is 0 Å². The molecule has 9 rings (SSSR count).